The van der Waals surface area contributed by atoms with Crippen LogP contribution in [0, 0.1) is 29.4 Å². The Morgan fingerprint density at radius 1 is 1.18 bits per heavy atom. The highest BCUT2D eigenvalue weighted by molar-refractivity contribution is 5.45. The summed E-state index contributed by atoms with van der Waals surface area (Å²) in [5.74, 6) is -5.74. The van der Waals surface area contributed by atoms with Crippen molar-refractivity contribution < 1.29 is 17.6 Å². The first-order valence-corrected chi connectivity index (χ1v) is 7.41. The molecule has 1 fully saturated rings. The Morgan fingerprint density at radius 2 is 1.77 bits per heavy atom. The molecule has 3 nitrogen and oxygen atoms in total. The largest absolute Gasteiger partial charge is 0.378 e. The number of anilines is 1. The summed E-state index contributed by atoms with van der Waals surface area (Å²) in [6.07, 6.45) is 2.22. The number of piperidine rings is 1. The van der Waals surface area contributed by atoms with E-state index in [-0.39, 0.29) is 6.54 Å². The van der Waals surface area contributed by atoms with Crippen LogP contribution in [0.5, 0.6) is 0 Å². The summed E-state index contributed by atoms with van der Waals surface area (Å²) in [7, 11) is 0. The predicted molar refractivity (Wildman–Crippen MR) is 76.6 cm³/mol. The fourth-order valence-electron chi connectivity index (χ4n) is 2.80. The molecule has 0 aromatic carbocycles. The predicted octanol–water partition coefficient (Wildman–Crippen LogP) is 3.56. The van der Waals surface area contributed by atoms with Gasteiger partial charge in [-0.05, 0) is 39.2 Å². The first-order chi connectivity index (χ1) is 10.2. The van der Waals surface area contributed by atoms with Crippen LogP contribution in [0.2, 0.25) is 0 Å². The SMILES string of the molecule is CC1CCCN(C(C)(C)CNc2c(F)c(F)nc(F)c2F)C1. The van der Waals surface area contributed by atoms with Crippen molar-refractivity contribution in [3.8, 4) is 0 Å². The minimum absolute atomic E-state index is 0.163. The molecule has 1 unspecified atom stereocenters. The molecule has 0 spiro atoms. The van der Waals surface area contributed by atoms with Crippen LogP contribution in [0.3, 0.4) is 0 Å². The number of nitrogens with zero attached hydrogens (tertiary/aromatic N) is 2. The molecule has 22 heavy (non-hydrogen) atoms. The Hall–Kier alpha value is -1.37. The normalized spacial score (nSPS) is 20.2. The highest BCUT2D eigenvalue weighted by Gasteiger charge is 2.31. The maximum absolute atomic E-state index is 13.6. The third kappa shape index (κ3) is 3.51. The Morgan fingerprint density at radius 3 is 2.32 bits per heavy atom. The minimum Gasteiger partial charge on any atom is -0.378 e. The quantitative estimate of drug-likeness (QED) is 0.679. The molecule has 7 heteroatoms. The summed E-state index contributed by atoms with van der Waals surface area (Å²) in [6.45, 7) is 7.96. The number of halogens is 4. The first-order valence-electron chi connectivity index (χ1n) is 7.41. The third-order valence-electron chi connectivity index (χ3n) is 4.21. The Balaban J connectivity index is 2.12. The van der Waals surface area contributed by atoms with Gasteiger partial charge in [0, 0.05) is 18.6 Å². The standard InChI is InChI=1S/C15H21F4N3/c1-9-5-4-6-22(7-9)15(2,3)8-20-12-10(16)13(18)21-14(19)11(12)17/h9H,4-8H2,1-3H3,(H,20,21). The molecule has 1 aromatic heterocycles. The van der Waals surface area contributed by atoms with Crippen molar-refractivity contribution in [1.82, 2.24) is 9.88 Å². The van der Waals surface area contributed by atoms with Crippen molar-refractivity contribution in [1.29, 1.82) is 0 Å². The van der Waals surface area contributed by atoms with Gasteiger partial charge in [0.2, 0.25) is 11.6 Å². The van der Waals surface area contributed by atoms with Crippen molar-refractivity contribution in [3.05, 3.63) is 23.5 Å². The zero-order chi connectivity index (χ0) is 16.5. The van der Waals surface area contributed by atoms with Gasteiger partial charge in [-0.3, -0.25) is 4.90 Å². The van der Waals surface area contributed by atoms with Gasteiger partial charge in [-0.25, -0.2) is 0 Å². The molecule has 0 bridgehead atoms. The molecule has 0 saturated carbocycles. The first kappa shape index (κ1) is 17.0. The van der Waals surface area contributed by atoms with Crippen LogP contribution in [0.15, 0.2) is 0 Å². The average Bonchev–Trinajstić information content (AvgIpc) is 2.45. The van der Waals surface area contributed by atoms with Gasteiger partial charge in [-0.1, -0.05) is 6.92 Å². The lowest BCUT2D eigenvalue weighted by molar-refractivity contribution is 0.0799. The zero-order valence-corrected chi connectivity index (χ0v) is 13.0. The number of hydrogen-bond donors (Lipinski definition) is 1. The van der Waals surface area contributed by atoms with Crippen molar-refractivity contribution >= 4 is 5.69 Å². The summed E-state index contributed by atoms with van der Waals surface area (Å²) >= 11 is 0. The van der Waals surface area contributed by atoms with E-state index in [4.69, 9.17) is 0 Å². The number of nitrogens with one attached hydrogen (secondary N) is 1. The Bertz CT molecular complexity index is 522. The number of rotatable bonds is 4. The fourth-order valence-corrected chi connectivity index (χ4v) is 2.80. The number of hydrogen-bond acceptors (Lipinski definition) is 3. The molecule has 1 aliphatic heterocycles. The van der Waals surface area contributed by atoms with Crippen molar-refractivity contribution in [2.24, 2.45) is 5.92 Å². The van der Waals surface area contributed by atoms with Crippen molar-refractivity contribution in [3.63, 3.8) is 0 Å². The van der Waals surface area contributed by atoms with Crippen LogP contribution in [0.25, 0.3) is 0 Å². The van der Waals surface area contributed by atoms with E-state index >= 15 is 0 Å². The van der Waals surface area contributed by atoms with E-state index in [2.05, 4.69) is 22.1 Å². The smallest absolute Gasteiger partial charge is 0.253 e. The molecule has 0 aliphatic carbocycles. The maximum Gasteiger partial charge on any atom is 0.253 e. The van der Waals surface area contributed by atoms with Crippen LogP contribution in [0.4, 0.5) is 23.2 Å². The van der Waals surface area contributed by atoms with Crippen LogP contribution in [-0.2, 0) is 0 Å². The lowest BCUT2D eigenvalue weighted by Crippen LogP contribution is -2.52. The van der Waals surface area contributed by atoms with Gasteiger partial charge < -0.3 is 5.32 Å². The minimum atomic E-state index is -1.65. The van der Waals surface area contributed by atoms with E-state index in [1.165, 1.54) is 0 Å². The van der Waals surface area contributed by atoms with Crippen LogP contribution in [0.1, 0.15) is 33.6 Å². The van der Waals surface area contributed by atoms with Gasteiger partial charge in [0.05, 0.1) is 0 Å². The average molecular weight is 319 g/mol. The van der Waals surface area contributed by atoms with Crippen LogP contribution < -0.4 is 5.32 Å². The zero-order valence-electron chi connectivity index (χ0n) is 13.0. The summed E-state index contributed by atoms with van der Waals surface area (Å²) in [5.41, 5.74) is -1.20. The Kier molecular flexibility index (Phi) is 4.94. The molecule has 0 radical (unpaired) electrons. The maximum atomic E-state index is 13.6. The molecule has 1 saturated heterocycles. The number of likely N-dealkylation sites (tertiary alicyclic amines) is 1. The fraction of sp³-hybridized carbons (Fsp3) is 0.667. The summed E-state index contributed by atoms with van der Waals surface area (Å²) in [6, 6.07) is 0. The molecule has 124 valence electrons. The molecule has 1 aliphatic rings. The van der Waals surface area contributed by atoms with Crippen LogP contribution in [-0.4, -0.2) is 35.1 Å². The highest BCUT2D eigenvalue weighted by atomic mass is 19.2. The molecule has 1 atom stereocenters. The molecule has 2 rings (SSSR count). The monoisotopic (exact) mass is 319 g/mol. The molecule has 0 amide bonds. The lowest BCUT2D eigenvalue weighted by atomic mass is 9.93. The second-order valence-electron chi connectivity index (χ2n) is 6.56. The Labute approximate surface area is 127 Å². The summed E-state index contributed by atoms with van der Waals surface area (Å²) < 4.78 is 53.4. The lowest BCUT2D eigenvalue weighted by Gasteiger charge is -2.43. The molecule has 1 N–H and O–H groups in total. The summed E-state index contributed by atoms with van der Waals surface area (Å²) in [5, 5.41) is 2.50. The number of aromatic nitrogens is 1. The highest BCUT2D eigenvalue weighted by Crippen LogP contribution is 2.26. The third-order valence-corrected chi connectivity index (χ3v) is 4.21. The van der Waals surface area contributed by atoms with Gasteiger partial charge in [0.25, 0.3) is 11.9 Å². The summed E-state index contributed by atoms with van der Waals surface area (Å²) in [4.78, 5) is 4.76. The van der Waals surface area contributed by atoms with Crippen molar-refractivity contribution in [2.45, 2.75) is 39.2 Å². The molecular formula is C15H21F4N3. The van der Waals surface area contributed by atoms with E-state index in [1.807, 2.05) is 13.8 Å². The van der Waals surface area contributed by atoms with E-state index in [0.717, 1.165) is 25.9 Å². The van der Waals surface area contributed by atoms with Crippen molar-refractivity contribution in [2.75, 3.05) is 25.0 Å². The van der Waals surface area contributed by atoms with E-state index in [0.29, 0.717) is 5.92 Å². The molecule has 1 aromatic rings. The van der Waals surface area contributed by atoms with E-state index in [9.17, 15) is 17.6 Å². The second-order valence-corrected chi connectivity index (χ2v) is 6.56. The van der Waals surface area contributed by atoms with Gasteiger partial charge in [0.15, 0.2) is 0 Å². The van der Waals surface area contributed by atoms with Gasteiger partial charge in [-0.15, -0.1) is 0 Å². The molecular weight excluding hydrogens is 298 g/mol. The van der Waals surface area contributed by atoms with Gasteiger partial charge in [0.1, 0.15) is 5.69 Å². The second kappa shape index (κ2) is 6.40. The number of pyridine rings is 1. The van der Waals surface area contributed by atoms with Gasteiger partial charge in [-0.2, -0.15) is 22.5 Å². The topological polar surface area (TPSA) is 28.2 Å². The van der Waals surface area contributed by atoms with Gasteiger partial charge >= 0.3 is 0 Å². The van der Waals surface area contributed by atoms with E-state index < -0.39 is 34.8 Å². The van der Waals surface area contributed by atoms with E-state index in [1.54, 1.807) is 0 Å². The van der Waals surface area contributed by atoms with Crippen LogP contribution >= 0.6 is 0 Å². The molecule has 2 heterocycles.